The molecule has 9 rings (SSSR count). The van der Waals surface area contributed by atoms with Gasteiger partial charge in [-0.3, -0.25) is 34.2 Å². The van der Waals surface area contributed by atoms with E-state index in [1.165, 1.54) is 22.6 Å². The van der Waals surface area contributed by atoms with Crippen LogP contribution in [-0.2, 0) is 39.7 Å². The fourth-order valence-electron chi connectivity index (χ4n) is 10.2. The molecule has 4 amide bonds. The van der Waals surface area contributed by atoms with E-state index in [-0.39, 0.29) is 36.4 Å². The third-order valence-corrected chi connectivity index (χ3v) is 13.9. The largest absolute Gasteiger partial charge is 0.369 e. The van der Waals surface area contributed by atoms with Crippen molar-refractivity contribution < 1.29 is 23.6 Å². The number of likely N-dealkylation sites (N-methyl/N-ethyl adjacent to an activating group) is 1. The molecule has 356 valence electrons. The van der Waals surface area contributed by atoms with E-state index in [1.54, 1.807) is 58.5 Å². The van der Waals surface area contributed by atoms with Gasteiger partial charge in [-0.15, -0.1) is 0 Å². The maximum Gasteiger partial charge on any atom is 0.350 e. The van der Waals surface area contributed by atoms with E-state index in [9.17, 15) is 24.0 Å². The number of piperazine rings is 1. The molecule has 6 heterocycles. The molecule has 0 aliphatic carbocycles. The van der Waals surface area contributed by atoms with Gasteiger partial charge in [0.05, 0.1) is 23.0 Å². The lowest BCUT2D eigenvalue weighted by molar-refractivity contribution is -0.127. The summed E-state index contributed by atoms with van der Waals surface area (Å²) in [5.41, 5.74) is 6.73. The molecule has 2 saturated heterocycles. The monoisotopic (exact) mass is 933 g/mol. The number of fused-ring (bicyclic) bond motifs is 1. The molecule has 6 aromatic rings. The quantitative estimate of drug-likeness (QED) is 0.122. The van der Waals surface area contributed by atoms with Crippen molar-refractivity contribution in [3.8, 4) is 27.9 Å². The average Bonchev–Trinajstić information content (AvgIpc) is 3.99. The SMILES string of the molecule is CCc1c(-c2ccc(-n3cnn(C)c3=O)cc2-c2ccc(N3CCN(CCc4cccc5c4C(C)(C)C(=O)N5C(CCC=O)C(=O)NC)CC3)cc2F)ccnc1N1CCN(c2cccnc2)C1=O. The fraction of sp³-hybridized carbons (Fsp3) is 0.346. The maximum atomic E-state index is 16.9. The van der Waals surface area contributed by atoms with Gasteiger partial charge in [0.25, 0.3) is 0 Å². The van der Waals surface area contributed by atoms with E-state index in [0.29, 0.717) is 73.0 Å². The van der Waals surface area contributed by atoms with Crippen LogP contribution in [0.4, 0.5) is 32.1 Å². The number of aldehydes is 1. The highest BCUT2D eigenvalue weighted by Gasteiger charge is 2.49. The third-order valence-electron chi connectivity index (χ3n) is 13.9. The van der Waals surface area contributed by atoms with E-state index in [4.69, 9.17) is 4.98 Å². The second-order valence-corrected chi connectivity index (χ2v) is 18.2. The Bertz CT molecular complexity index is 3000. The van der Waals surface area contributed by atoms with Gasteiger partial charge in [0.15, 0.2) is 0 Å². The van der Waals surface area contributed by atoms with Crippen LogP contribution in [-0.4, -0.2) is 112 Å². The topological polar surface area (TPSA) is 162 Å². The number of hydrogen-bond acceptors (Lipinski definition) is 10. The minimum absolute atomic E-state index is 0.161. The highest BCUT2D eigenvalue weighted by atomic mass is 19.1. The molecule has 3 aliphatic rings. The van der Waals surface area contributed by atoms with Crippen LogP contribution in [0, 0.1) is 5.82 Å². The minimum Gasteiger partial charge on any atom is -0.369 e. The Hall–Kier alpha value is -7.53. The average molecular weight is 934 g/mol. The normalized spacial score (nSPS) is 16.3. The number of hydrogen-bond donors (Lipinski definition) is 1. The number of carbonyl (C=O) groups is 4. The van der Waals surface area contributed by atoms with Gasteiger partial charge in [-0.25, -0.2) is 28.2 Å². The highest BCUT2D eigenvalue weighted by Crippen LogP contribution is 2.46. The summed E-state index contributed by atoms with van der Waals surface area (Å²) in [6.07, 6.45) is 8.86. The zero-order valence-corrected chi connectivity index (χ0v) is 39.6. The molecule has 3 aromatic carbocycles. The summed E-state index contributed by atoms with van der Waals surface area (Å²) in [7, 11) is 3.11. The molecule has 16 nitrogen and oxygen atoms in total. The number of nitrogens with zero attached hydrogens (tertiary/aromatic N) is 10. The summed E-state index contributed by atoms with van der Waals surface area (Å²) in [4.78, 5) is 83.7. The van der Waals surface area contributed by atoms with Crippen LogP contribution in [0.3, 0.4) is 0 Å². The van der Waals surface area contributed by atoms with Gasteiger partial charge < -0.3 is 15.0 Å². The number of carbonyl (C=O) groups excluding carboxylic acids is 4. The van der Waals surface area contributed by atoms with Crippen molar-refractivity contribution in [2.24, 2.45) is 7.05 Å². The first-order valence-corrected chi connectivity index (χ1v) is 23.5. The van der Waals surface area contributed by atoms with Gasteiger partial charge in [0.2, 0.25) is 11.8 Å². The van der Waals surface area contributed by atoms with Crippen molar-refractivity contribution in [1.82, 2.24) is 34.5 Å². The summed E-state index contributed by atoms with van der Waals surface area (Å²) in [6, 6.07) is 21.2. The number of amides is 4. The van der Waals surface area contributed by atoms with Gasteiger partial charge >= 0.3 is 11.7 Å². The molecule has 1 atom stereocenters. The number of urea groups is 1. The number of rotatable bonds is 15. The summed E-state index contributed by atoms with van der Waals surface area (Å²) in [5, 5.41) is 6.82. The van der Waals surface area contributed by atoms with Gasteiger partial charge in [-0.2, -0.15) is 5.10 Å². The van der Waals surface area contributed by atoms with E-state index in [2.05, 4.69) is 31.3 Å². The summed E-state index contributed by atoms with van der Waals surface area (Å²) in [5.74, 6) is -0.349. The number of pyridine rings is 2. The first kappa shape index (κ1) is 46.6. The van der Waals surface area contributed by atoms with Crippen molar-refractivity contribution in [2.75, 3.05) is 72.5 Å². The van der Waals surface area contributed by atoms with Crippen LogP contribution in [0.2, 0.25) is 0 Å². The molecular formula is C52H56FN11O5. The smallest absolute Gasteiger partial charge is 0.350 e. The molecule has 1 unspecified atom stereocenters. The van der Waals surface area contributed by atoms with Gasteiger partial charge in [-0.05, 0) is 116 Å². The number of nitrogens with one attached hydrogen (secondary N) is 1. The van der Waals surface area contributed by atoms with Crippen LogP contribution in [0.1, 0.15) is 50.3 Å². The zero-order chi connectivity index (χ0) is 48.6. The molecule has 0 bridgehead atoms. The highest BCUT2D eigenvalue weighted by molar-refractivity contribution is 6.12. The molecular weight excluding hydrogens is 878 g/mol. The third kappa shape index (κ3) is 8.55. The molecule has 0 spiro atoms. The molecule has 0 saturated carbocycles. The van der Waals surface area contributed by atoms with E-state index >= 15 is 4.39 Å². The molecule has 3 aromatic heterocycles. The van der Waals surface area contributed by atoms with Crippen molar-refractivity contribution in [1.29, 1.82) is 0 Å². The first-order chi connectivity index (χ1) is 33.4. The van der Waals surface area contributed by atoms with Crippen molar-refractivity contribution in [3.63, 3.8) is 0 Å². The van der Waals surface area contributed by atoms with Crippen molar-refractivity contribution >= 4 is 47.0 Å². The Labute approximate surface area is 400 Å². The van der Waals surface area contributed by atoms with Crippen LogP contribution in [0.15, 0.2) is 103 Å². The predicted molar refractivity (Wildman–Crippen MR) is 264 cm³/mol. The predicted octanol–water partition coefficient (Wildman–Crippen LogP) is 5.93. The van der Waals surface area contributed by atoms with E-state index in [0.717, 1.165) is 59.4 Å². The Kier molecular flexibility index (Phi) is 13.0. The molecule has 17 heteroatoms. The number of halogens is 1. The van der Waals surface area contributed by atoms with Gasteiger partial charge in [-0.1, -0.05) is 25.1 Å². The summed E-state index contributed by atoms with van der Waals surface area (Å²) < 4.78 is 19.6. The standard InChI is InChI=1S/C52H56FN11O5/c1-6-38-40(18-21-56-47(38)62-28-27-61(51(62)69)37-11-8-20-55-32-37)39-16-15-36(63-33-57-58(5)50(63)68)30-42(39)41-17-14-35(31-43(41)53)60-25-23-59(24-26-60)22-19-34-10-7-12-44-46(34)52(2,3)49(67)64(44)45(13-9-29-65)48(66)54-4/h7-8,10-12,14-18,20-21,29-33,45H,6,9,13,19,22-28H2,1-5H3,(H,54,66). The Morgan fingerprint density at radius 2 is 1.62 bits per heavy atom. The molecule has 0 radical (unpaired) electrons. The number of anilines is 4. The number of aromatic nitrogens is 5. The van der Waals surface area contributed by atoms with Crippen LogP contribution in [0.25, 0.3) is 27.9 Å². The Morgan fingerprint density at radius 1 is 0.855 bits per heavy atom. The maximum absolute atomic E-state index is 16.9. The fourth-order valence-corrected chi connectivity index (χ4v) is 10.2. The number of benzene rings is 3. The summed E-state index contributed by atoms with van der Waals surface area (Å²) in [6.45, 7) is 10.3. The zero-order valence-electron chi connectivity index (χ0n) is 39.6. The lowest BCUT2D eigenvalue weighted by Crippen LogP contribution is -2.50. The molecule has 3 aliphatic heterocycles. The van der Waals surface area contributed by atoms with E-state index < -0.39 is 17.3 Å². The minimum atomic E-state index is -0.857. The summed E-state index contributed by atoms with van der Waals surface area (Å²) >= 11 is 0. The lowest BCUT2D eigenvalue weighted by atomic mass is 9.82. The van der Waals surface area contributed by atoms with E-state index in [1.807, 2.05) is 69.3 Å². The van der Waals surface area contributed by atoms with Gasteiger partial charge in [0, 0.05) is 101 Å². The first-order valence-electron chi connectivity index (χ1n) is 23.5. The van der Waals surface area contributed by atoms with Crippen LogP contribution in [0.5, 0.6) is 0 Å². The second kappa shape index (κ2) is 19.2. The molecule has 1 N–H and O–H groups in total. The van der Waals surface area contributed by atoms with Gasteiger partial charge in [0.1, 0.15) is 30.3 Å². The Morgan fingerprint density at radius 3 is 2.32 bits per heavy atom. The lowest BCUT2D eigenvalue weighted by Gasteiger charge is -2.36. The molecule has 2 fully saturated rings. The van der Waals surface area contributed by atoms with Crippen LogP contribution >= 0.6 is 0 Å². The van der Waals surface area contributed by atoms with Crippen LogP contribution < -0.4 is 30.6 Å². The second-order valence-electron chi connectivity index (χ2n) is 18.2. The van der Waals surface area contributed by atoms with Crippen molar-refractivity contribution in [2.45, 2.75) is 57.9 Å². The molecule has 69 heavy (non-hydrogen) atoms. The Balaban J connectivity index is 0.955. The van der Waals surface area contributed by atoms with Crippen molar-refractivity contribution in [3.05, 3.63) is 131 Å². The number of aryl methyl sites for hydroxylation is 1.